The molecular formula is C110H83F12N5O10. The van der Waals surface area contributed by atoms with Crippen molar-refractivity contribution in [3.05, 3.63) is 384 Å². The SMILES string of the molecule is CCCCc1cc(F)c2c(F)c(C(=O)Oc3ccc(C#N)c(F)c3)ccc2c1.CCCCc1cc(F)c2cc(C(=O)Oc3ccc(C#N)c(F)c3)ccc2c1.CCCCc1ccc2c(F)c(C(=O)Oc3ccc(C#N)c(F)c3)c(F)cc2c1.CCCCc1ccc2c(F)c(C(=O)Oc3ccc(C#N)c(F)c3)ccc2c1.CCCCc1ccc2cc(C(=O)Oc3ccc(C#N)c(F)c3)c(F)cc2c1. The van der Waals surface area contributed by atoms with Gasteiger partial charge in [-0.1, -0.05) is 152 Å². The average Bonchev–Trinajstić information content (AvgIpc) is 0.792. The highest BCUT2D eigenvalue weighted by molar-refractivity contribution is 6.01. The van der Waals surface area contributed by atoms with Crippen molar-refractivity contribution in [3.63, 3.8) is 0 Å². The Kier molecular flexibility index (Phi) is 35.3. The molecule has 0 unspecified atom stereocenters. The second kappa shape index (κ2) is 47.8. The third kappa shape index (κ3) is 25.9. The van der Waals surface area contributed by atoms with Gasteiger partial charge < -0.3 is 23.7 Å². The van der Waals surface area contributed by atoms with E-state index in [-0.39, 0.29) is 84.0 Å². The molecule has 0 saturated carbocycles. The third-order valence-electron chi connectivity index (χ3n) is 21.7. The van der Waals surface area contributed by atoms with E-state index in [2.05, 4.69) is 27.7 Å². The van der Waals surface area contributed by atoms with E-state index >= 15 is 0 Å². The lowest BCUT2D eigenvalue weighted by molar-refractivity contribution is 0.0715. The predicted molar refractivity (Wildman–Crippen MR) is 493 cm³/mol. The van der Waals surface area contributed by atoms with Gasteiger partial charge in [-0.05, 0) is 240 Å². The maximum absolute atomic E-state index is 14.8. The minimum Gasteiger partial charge on any atom is -0.423 e. The summed E-state index contributed by atoms with van der Waals surface area (Å²) in [4.78, 5) is 61.5. The van der Waals surface area contributed by atoms with Crippen molar-refractivity contribution in [2.75, 3.05) is 0 Å². The predicted octanol–water partition coefficient (Wildman–Crippen LogP) is 28.0. The van der Waals surface area contributed by atoms with Gasteiger partial charge in [-0.25, -0.2) is 76.7 Å². The summed E-state index contributed by atoms with van der Waals surface area (Å²) in [6.45, 7) is 10.4. The molecule has 0 amide bonds. The minimum absolute atomic E-state index is 0.0213. The highest BCUT2D eigenvalue weighted by Crippen LogP contribution is 2.34. The van der Waals surface area contributed by atoms with E-state index in [9.17, 15) is 76.7 Å². The summed E-state index contributed by atoms with van der Waals surface area (Å²) in [6, 6.07) is 61.7. The molecule has 137 heavy (non-hydrogen) atoms. The molecule has 27 heteroatoms. The van der Waals surface area contributed by atoms with Crippen LogP contribution in [0.5, 0.6) is 28.7 Å². The smallest absolute Gasteiger partial charge is 0.349 e. The lowest BCUT2D eigenvalue weighted by atomic mass is 10.00. The van der Waals surface area contributed by atoms with Crippen molar-refractivity contribution in [1.29, 1.82) is 26.3 Å². The molecule has 15 nitrogen and oxygen atoms in total. The second-order valence-corrected chi connectivity index (χ2v) is 31.4. The zero-order valence-electron chi connectivity index (χ0n) is 74.4. The average molecular weight is 1860 g/mol. The highest BCUT2D eigenvalue weighted by atomic mass is 19.2. The van der Waals surface area contributed by atoms with Gasteiger partial charge >= 0.3 is 29.8 Å². The molecule has 0 radical (unpaired) electrons. The fraction of sp³-hybridized carbons (Fsp3) is 0.182. The number of hydrogen-bond acceptors (Lipinski definition) is 15. The number of rotatable bonds is 25. The van der Waals surface area contributed by atoms with Gasteiger partial charge in [0.2, 0.25) is 0 Å². The number of ether oxygens (including phenoxy) is 5. The molecule has 15 aromatic rings. The Labute approximate surface area is 780 Å². The number of halogens is 12. The van der Waals surface area contributed by atoms with Gasteiger partial charge in [0, 0.05) is 46.5 Å². The zero-order valence-corrected chi connectivity index (χ0v) is 74.4. The van der Waals surface area contributed by atoms with Crippen LogP contribution in [0.4, 0.5) is 52.7 Å². The molecule has 0 saturated heterocycles. The first-order valence-electron chi connectivity index (χ1n) is 43.5. The van der Waals surface area contributed by atoms with Crippen LogP contribution >= 0.6 is 0 Å². The zero-order chi connectivity index (χ0) is 98.7. The van der Waals surface area contributed by atoms with Crippen molar-refractivity contribution in [3.8, 4) is 59.1 Å². The maximum Gasteiger partial charge on any atom is 0.349 e. The van der Waals surface area contributed by atoms with Gasteiger partial charge in [0.25, 0.3) is 0 Å². The van der Waals surface area contributed by atoms with Crippen molar-refractivity contribution in [2.45, 2.75) is 131 Å². The van der Waals surface area contributed by atoms with Crippen LogP contribution in [0.25, 0.3) is 53.9 Å². The number of nitrogens with zero attached hydrogens (tertiary/aromatic N) is 5. The largest absolute Gasteiger partial charge is 0.423 e. The van der Waals surface area contributed by atoms with Crippen LogP contribution in [0.2, 0.25) is 0 Å². The molecule has 0 fully saturated rings. The fourth-order valence-electron chi connectivity index (χ4n) is 14.3. The van der Waals surface area contributed by atoms with Gasteiger partial charge in [-0.3, -0.25) is 0 Å². The summed E-state index contributed by atoms with van der Waals surface area (Å²) in [5.41, 5.74) is 2.36. The molecule has 0 spiro atoms. The van der Waals surface area contributed by atoms with Crippen LogP contribution in [0.1, 0.15) is 206 Å². The summed E-state index contributed by atoms with van der Waals surface area (Å²) in [5.74, 6) is -15.4. The Hall–Kier alpha value is -16.4. The van der Waals surface area contributed by atoms with E-state index in [1.54, 1.807) is 72.8 Å². The monoisotopic (exact) mass is 1860 g/mol. The van der Waals surface area contributed by atoms with Crippen LogP contribution in [0.15, 0.2) is 231 Å². The second-order valence-electron chi connectivity index (χ2n) is 31.4. The molecule has 0 N–H and O–H groups in total. The number of nitriles is 5. The first-order valence-corrected chi connectivity index (χ1v) is 43.5. The number of carbonyl (C=O) groups is 5. The molecule has 692 valence electrons. The molecule has 15 rings (SSSR count). The Morgan fingerprint density at radius 3 is 1.00 bits per heavy atom. The summed E-state index contributed by atoms with van der Waals surface area (Å²) < 4.78 is 195. The van der Waals surface area contributed by atoms with Crippen molar-refractivity contribution >= 4 is 83.7 Å². The molecular weight excluding hydrogens is 1780 g/mol. The molecule has 0 aliphatic heterocycles. The number of aryl methyl sites for hydroxylation is 5. The molecule has 0 aromatic heterocycles. The summed E-state index contributed by atoms with van der Waals surface area (Å²) in [6.07, 6.45) is 14.2. The van der Waals surface area contributed by atoms with Gasteiger partial charge in [0.1, 0.15) is 134 Å². The fourth-order valence-corrected chi connectivity index (χ4v) is 14.3. The van der Waals surface area contributed by atoms with Gasteiger partial charge in [-0.15, -0.1) is 0 Å². The third-order valence-corrected chi connectivity index (χ3v) is 21.7. The Morgan fingerprint density at radius 2 is 0.569 bits per heavy atom. The molecule has 0 heterocycles. The van der Waals surface area contributed by atoms with E-state index in [4.69, 9.17) is 50.0 Å². The molecule has 15 aromatic carbocycles. The Morgan fingerprint density at radius 1 is 0.241 bits per heavy atom. The number of benzene rings is 15. The van der Waals surface area contributed by atoms with Gasteiger partial charge in [0.05, 0.1) is 55.5 Å². The van der Waals surface area contributed by atoms with Crippen LogP contribution in [0.3, 0.4) is 0 Å². The summed E-state index contributed by atoms with van der Waals surface area (Å²) in [7, 11) is 0. The quantitative estimate of drug-likeness (QED) is 0.0293. The van der Waals surface area contributed by atoms with Crippen molar-refractivity contribution < 1.29 is 100 Å². The topological polar surface area (TPSA) is 250 Å². The van der Waals surface area contributed by atoms with Crippen LogP contribution in [-0.4, -0.2) is 29.8 Å². The molecule has 0 aliphatic carbocycles. The van der Waals surface area contributed by atoms with Gasteiger partial charge in [0.15, 0.2) is 0 Å². The Balaban J connectivity index is 0.000000164. The Bertz CT molecular complexity index is 7270. The van der Waals surface area contributed by atoms with Crippen LogP contribution in [-0.2, 0) is 32.1 Å². The molecule has 0 atom stereocenters. The number of carbonyl (C=O) groups excluding carboxylic acids is 5. The van der Waals surface area contributed by atoms with Gasteiger partial charge in [-0.2, -0.15) is 26.3 Å². The number of unbranched alkanes of at least 4 members (excludes halogenated alkanes) is 5. The van der Waals surface area contributed by atoms with E-state index < -0.39 is 111 Å². The van der Waals surface area contributed by atoms with E-state index in [1.165, 1.54) is 103 Å². The first-order chi connectivity index (χ1) is 65.9. The minimum atomic E-state index is -1.28. The van der Waals surface area contributed by atoms with E-state index in [0.29, 0.717) is 44.1 Å². The van der Waals surface area contributed by atoms with Crippen LogP contribution < -0.4 is 23.7 Å². The number of esters is 5. The normalized spacial score (nSPS) is 10.6. The van der Waals surface area contributed by atoms with Crippen molar-refractivity contribution in [2.24, 2.45) is 0 Å². The number of fused-ring (bicyclic) bond motifs is 5. The van der Waals surface area contributed by atoms with E-state index in [0.717, 1.165) is 172 Å². The van der Waals surface area contributed by atoms with E-state index in [1.807, 2.05) is 43.3 Å². The van der Waals surface area contributed by atoms with Crippen molar-refractivity contribution in [1.82, 2.24) is 0 Å². The first kappa shape index (κ1) is 101. The summed E-state index contributed by atoms with van der Waals surface area (Å²) in [5, 5.41) is 47.6. The maximum atomic E-state index is 14.8. The lowest BCUT2D eigenvalue weighted by Gasteiger charge is -2.10. The molecule has 0 bridgehead atoms. The number of hydrogen-bond donors (Lipinski definition) is 0. The standard InChI is InChI=1S/2C22H16F3NO2.3C22H17F2NO2/c1-2-3-4-13-5-8-17-15(9-13)10-19(24)20(21(17)25)22(27)28-16-7-6-14(12-26)18(23)11-16;1-2-3-4-13-9-14-6-8-17(21(25)20(14)19(24)10-13)22(27)28-16-7-5-15(12-26)18(23)11-16;1-2-3-4-14-5-9-18-15(11-14)7-10-19(21(18)24)22(26)27-17-8-6-16(13-25)20(23)12-17;1-2-3-4-14-9-15-5-6-16(11-19(15)21(24)10-14)22(26)27-18-8-7-17(13-25)20(23)12-18;1-2-3-4-14-5-6-15-10-19(21(24)11-17(15)9-14)22(26)27-18-8-7-16(13-25)20(23)12-18/h2*5-11H,2-4H2,1H3;3*5-12H,2-4H2,1H3. The highest BCUT2D eigenvalue weighted by Gasteiger charge is 2.27. The lowest BCUT2D eigenvalue weighted by Crippen LogP contribution is -2.14. The molecule has 0 aliphatic rings. The summed E-state index contributed by atoms with van der Waals surface area (Å²) >= 11 is 0. The van der Waals surface area contributed by atoms with Crippen LogP contribution in [0, 0.1) is 126 Å².